The zero-order chi connectivity index (χ0) is 16.6. The Bertz CT molecular complexity index is 752. The first-order valence-corrected chi connectivity index (χ1v) is 7.96. The van der Waals surface area contributed by atoms with E-state index in [1.807, 2.05) is 60.7 Å². The topological polar surface area (TPSA) is 38.7 Å². The zero-order valence-electron chi connectivity index (χ0n) is 13.4. The fourth-order valence-corrected chi connectivity index (χ4v) is 2.41. The van der Waals surface area contributed by atoms with E-state index in [1.165, 1.54) is 0 Å². The van der Waals surface area contributed by atoms with E-state index < -0.39 is 0 Å². The van der Waals surface area contributed by atoms with Gasteiger partial charge in [0.2, 0.25) is 0 Å². The Morgan fingerprint density at radius 1 is 0.667 bits per heavy atom. The van der Waals surface area contributed by atoms with Crippen LogP contribution in [0.1, 0.15) is 5.56 Å². The molecule has 0 fully saturated rings. The van der Waals surface area contributed by atoms with E-state index in [0.717, 1.165) is 28.2 Å². The Morgan fingerprint density at radius 2 is 1.46 bits per heavy atom. The summed E-state index contributed by atoms with van der Waals surface area (Å²) in [5.41, 5.74) is 3.33. The minimum Gasteiger partial charge on any atom is -0.491 e. The maximum Gasteiger partial charge on any atom is 0.120 e. The zero-order valence-corrected chi connectivity index (χ0v) is 13.4. The van der Waals surface area contributed by atoms with Crippen LogP contribution in [-0.2, 0) is 6.61 Å². The lowest BCUT2D eigenvalue weighted by Gasteiger charge is -2.09. The number of benzene rings is 3. The summed E-state index contributed by atoms with van der Waals surface area (Å²) in [6.07, 6.45) is 0. The second-order valence-corrected chi connectivity index (χ2v) is 5.40. The molecule has 0 aliphatic carbocycles. The minimum atomic E-state index is 0.0164. The van der Waals surface area contributed by atoms with Crippen LogP contribution in [0, 0.1) is 0 Å². The predicted octanol–water partition coefficient (Wildman–Crippen LogP) is 4.30. The van der Waals surface area contributed by atoms with Crippen LogP contribution in [0.25, 0.3) is 11.1 Å². The highest BCUT2D eigenvalue weighted by Crippen LogP contribution is 2.26. The Hall–Kier alpha value is -2.78. The molecule has 0 heterocycles. The molecule has 0 bridgehead atoms. The van der Waals surface area contributed by atoms with Crippen LogP contribution in [0.4, 0.5) is 0 Å². The fourth-order valence-electron chi connectivity index (χ4n) is 2.41. The lowest BCUT2D eigenvalue weighted by atomic mass is 10.1. The Morgan fingerprint density at radius 3 is 2.21 bits per heavy atom. The summed E-state index contributed by atoms with van der Waals surface area (Å²) in [7, 11) is 0. The molecule has 0 spiro atoms. The van der Waals surface area contributed by atoms with Crippen molar-refractivity contribution in [1.29, 1.82) is 0 Å². The molecule has 0 saturated heterocycles. The fraction of sp³-hybridized carbons (Fsp3) is 0.143. The van der Waals surface area contributed by atoms with E-state index in [2.05, 4.69) is 18.2 Å². The van der Waals surface area contributed by atoms with Crippen molar-refractivity contribution in [3.63, 3.8) is 0 Å². The molecule has 0 aliphatic rings. The van der Waals surface area contributed by atoms with E-state index in [1.54, 1.807) is 0 Å². The Kier molecular flexibility index (Phi) is 5.48. The van der Waals surface area contributed by atoms with Gasteiger partial charge in [-0.25, -0.2) is 0 Å². The number of aliphatic hydroxyl groups excluding tert-OH is 1. The SMILES string of the molecule is OCCOc1ccc(-c2cccc(OCc3ccccc3)c2)cc1. The van der Waals surface area contributed by atoms with Gasteiger partial charge in [-0.3, -0.25) is 0 Å². The monoisotopic (exact) mass is 320 g/mol. The molecule has 3 heteroatoms. The smallest absolute Gasteiger partial charge is 0.120 e. The van der Waals surface area contributed by atoms with Gasteiger partial charge in [-0.1, -0.05) is 54.6 Å². The first-order valence-electron chi connectivity index (χ1n) is 7.96. The molecule has 0 amide bonds. The molecule has 0 unspecified atom stereocenters. The largest absolute Gasteiger partial charge is 0.491 e. The number of rotatable bonds is 7. The van der Waals surface area contributed by atoms with Crippen LogP contribution in [0.5, 0.6) is 11.5 Å². The summed E-state index contributed by atoms with van der Waals surface area (Å²) in [5, 5.41) is 8.78. The highest BCUT2D eigenvalue weighted by Gasteiger charge is 2.02. The quantitative estimate of drug-likeness (QED) is 0.705. The summed E-state index contributed by atoms with van der Waals surface area (Å²) in [4.78, 5) is 0. The molecule has 122 valence electrons. The predicted molar refractivity (Wildman–Crippen MR) is 95.2 cm³/mol. The second kappa shape index (κ2) is 8.18. The normalized spacial score (nSPS) is 10.4. The Balaban J connectivity index is 1.68. The summed E-state index contributed by atoms with van der Waals surface area (Å²) in [5.74, 6) is 1.60. The molecule has 3 aromatic carbocycles. The van der Waals surface area contributed by atoms with Gasteiger partial charge < -0.3 is 14.6 Å². The van der Waals surface area contributed by atoms with Crippen LogP contribution in [0.2, 0.25) is 0 Å². The Labute approximate surface area is 142 Å². The first kappa shape index (κ1) is 16.1. The molecule has 0 aromatic heterocycles. The van der Waals surface area contributed by atoms with Crippen LogP contribution in [-0.4, -0.2) is 18.3 Å². The van der Waals surface area contributed by atoms with Gasteiger partial charge >= 0.3 is 0 Å². The molecular weight excluding hydrogens is 300 g/mol. The number of aliphatic hydroxyl groups is 1. The van der Waals surface area contributed by atoms with Crippen molar-refractivity contribution in [3.8, 4) is 22.6 Å². The standard InChI is InChI=1S/C21H20O3/c22-13-14-23-20-11-9-18(10-12-20)19-7-4-8-21(15-19)24-16-17-5-2-1-3-6-17/h1-12,15,22H,13-14,16H2. The molecular formula is C21H20O3. The third kappa shape index (κ3) is 4.37. The van der Waals surface area contributed by atoms with Crippen molar-refractivity contribution in [3.05, 3.63) is 84.4 Å². The molecule has 0 atom stereocenters. The van der Waals surface area contributed by atoms with Crippen molar-refractivity contribution in [2.75, 3.05) is 13.2 Å². The van der Waals surface area contributed by atoms with E-state index >= 15 is 0 Å². The molecule has 0 radical (unpaired) electrons. The van der Waals surface area contributed by atoms with Crippen LogP contribution >= 0.6 is 0 Å². The van der Waals surface area contributed by atoms with Crippen LogP contribution in [0.15, 0.2) is 78.9 Å². The van der Waals surface area contributed by atoms with Gasteiger partial charge in [0, 0.05) is 0 Å². The van der Waals surface area contributed by atoms with Crippen molar-refractivity contribution < 1.29 is 14.6 Å². The average Bonchev–Trinajstić information content (AvgIpc) is 2.66. The molecule has 3 rings (SSSR count). The molecule has 24 heavy (non-hydrogen) atoms. The van der Waals surface area contributed by atoms with Gasteiger partial charge in [0.25, 0.3) is 0 Å². The summed E-state index contributed by atoms with van der Waals surface area (Å²) >= 11 is 0. The van der Waals surface area contributed by atoms with Gasteiger partial charge in [0.15, 0.2) is 0 Å². The van der Waals surface area contributed by atoms with Crippen molar-refractivity contribution in [2.24, 2.45) is 0 Å². The van der Waals surface area contributed by atoms with Crippen LogP contribution in [0.3, 0.4) is 0 Å². The number of hydrogen-bond donors (Lipinski definition) is 1. The van der Waals surface area contributed by atoms with Crippen molar-refractivity contribution in [2.45, 2.75) is 6.61 Å². The van der Waals surface area contributed by atoms with Gasteiger partial charge in [0.1, 0.15) is 24.7 Å². The lowest BCUT2D eigenvalue weighted by Crippen LogP contribution is -2.01. The van der Waals surface area contributed by atoms with Gasteiger partial charge in [-0.05, 0) is 41.0 Å². The minimum absolute atomic E-state index is 0.0164. The third-order valence-electron chi connectivity index (χ3n) is 3.63. The molecule has 1 N–H and O–H groups in total. The van der Waals surface area contributed by atoms with E-state index in [-0.39, 0.29) is 6.61 Å². The average molecular weight is 320 g/mol. The molecule has 0 aliphatic heterocycles. The van der Waals surface area contributed by atoms with E-state index in [9.17, 15) is 0 Å². The first-order chi connectivity index (χ1) is 11.8. The highest BCUT2D eigenvalue weighted by atomic mass is 16.5. The summed E-state index contributed by atoms with van der Waals surface area (Å²) in [6, 6.07) is 26.0. The van der Waals surface area contributed by atoms with E-state index in [4.69, 9.17) is 14.6 Å². The maximum atomic E-state index is 8.78. The lowest BCUT2D eigenvalue weighted by molar-refractivity contribution is 0.201. The van der Waals surface area contributed by atoms with Crippen molar-refractivity contribution >= 4 is 0 Å². The molecule has 3 aromatic rings. The molecule has 0 saturated carbocycles. The summed E-state index contributed by atoms with van der Waals surface area (Å²) in [6.45, 7) is 0.878. The molecule has 3 nitrogen and oxygen atoms in total. The maximum absolute atomic E-state index is 8.78. The number of hydrogen-bond acceptors (Lipinski definition) is 3. The summed E-state index contributed by atoms with van der Waals surface area (Å²) < 4.78 is 11.3. The van der Waals surface area contributed by atoms with Gasteiger partial charge in [-0.15, -0.1) is 0 Å². The van der Waals surface area contributed by atoms with Gasteiger partial charge in [0.05, 0.1) is 6.61 Å². The van der Waals surface area contributed by atoms with Gasteiger partial charge in [-0.2, -0.15) is 0 Å². The van der Waals surface area contributed by atoms with Crippen LogP contribution < -0.4 is 9.47 Å². The number of ether oxygens (including phenoxy) is 2. The van der Waals surface area contributed by atoms with E-state index in [0.29, 0.717) is 13.2 Å². The second-order valence-electron chi connectivity index (χ2n) is 5.40. The highest BCUT2D eigenvalue weighted by molar-refractivity contribution is 5.65. The van der Waals surface area contributed by atoms with Crippen molar-refractivity contribution in [1.82, 2.24) is 0 Å². The third-order valence-corrected chi connectivity index (χ3v) is 3.63.